The van der Waals surface area contributed by atoms with Crippen molar-refractivity contribution in [3.05, 3.63) is 179 Å². The zero-order valence-corrected chi connectivity index (χ0v) is 31.1. The molecule has 0 aliphatic rings. The van der Waals surface area contributed by atoms with E-state index in [1.807, 2.05) is 135 Å². The Morgan fingerprint density at radius 3 is 1.80 bits per heavy atom. The van der Waals surface area contributed by atoms with Gasteiger partial charge in [0.25, 0.3) is 0 Å². The maximum absolute atomic E-state index is 10.2. The van der Waals surface area contributed by atoms with E-state index in [9.17, 15) is 15.3 Å². The van der Waals surface area contributed by atoms with E-state index in [0.29, 0.717) is 0 Å². The highest BCUT2D eigenvalue weighted by atomic mass is 16.5. The van der Waals surface area contributed by atoms with Crippen LogP contribution in [0.3, 0.4) is 0 Å². The van der Waals surface area contributed by atoms with Gasteiger partial charge in [-0.05, 0) is 92.6 Å². The van der Waals surface area contributed by atoms with Gasteiger partial charge in [0.1, 0.15) is 23.0 Å². The van der Waals surface area contributed by atoms with Gasteiger partial charge in [-0.1, -0.05) is 84.9 Å². The number of phenols is 3. The van der Waals surface area contributed by atoms with Crippen molar-refractivity contribution < 1.29 is 24.8 Å². The molecule has 0 spiro atoms. The van der Waals surface area contributed by atoms with Crippen LogP contribution in [0.1, 0.15) is 41.2 Å². The fourth-order valence-corrected chi connectivity index (χ4v) is 5.11. The molecule has 0 aliphatic heterocycles. The zero-order chi connectivity index (χ0) is 38.5. The number of hydrogen-bond acceptors (Lipinski definition) is 8. The van der Waals surface area contributed by atoms with Crippen LogP contribution in [-0.2, 0) is 4.74 Å². The van der Waals surface area contributed by atoms with Crippen LogP contribution in [0.5, 0.6) is 23.0 Å². The van der Waals surface area contributed by atoms with Gasteiger partial charge in [-0.2, -0.15) is 0 Å². The second kappa shape index (κ2) is 21.8. The Labute approximate surface area is 318 Å². The van der Waals surface area contributed by atoms with Crippen LogP contribution in [0.2, 0.25) is 0 Å². The molecule has 276 valence electrons. The van der Waals surface area contributed by atoms with Crippen LogP contribution in [0.15, 0.2) is 167 Å². The molecule has 3 N–H and O–H groups in total. The maximum Gasteiger partial charge on any atom is 0.124 e. The van der Waals surface area contributed by atoms with Gasteiger partial charge < -0.3 is 24.8 Å². The van der Waals surface area contributed by atoms with Crippen LogP contribution < -0.4 is 4.74 Å². The number of nitrogens with zero attached hydrogens (tertiary/aromatic N) is 3. The number of aryl methyl sites for hydroxylation is 1. The lowest BCUT2D eigenvalue weighted by atomic mass is 10.0. The third-order valence-electron chi connectivity index (χ3n) is 8.02. The Kier molecular flexibility index (Phi) is 16.2. The highest BCUT2D eigenvalue weighted by molar-refractivity contribution is 6.15. The van der Waals surface area contributed by atoms with E-state index in [1.54, 1.807) is 50.8 Å². The zero-order valence-electron chi connectivity index (χ0n) is 31.1. The summed E-state index contributed by atoms with van der Waals surface area (Å²) in [6, 6.07) is 47.0. The number of aromatic hydroxyl groups is 3. The summed E-state index contributed by atoms with van der Waals surface area (Å²) in [6.45, 7) is 5.35. The molecule has 8 nitrogen and oxygen atoms in total. The number of ether oxygens (including phenoxy) is 2. The van der Waals surface area contributed by atoms with Crippen LogP contribution in [-0.4, -0.2) is 60.3 Å². The third-order valence-corrected chi connectivity index (χ3v) is 8.02. The monoisotopic (exact) mass is 721 g/mol. The van der Waals surface area contributed by atoms with E-state index >= 15 is 0 Å². The standard InChI is InChI=1S/C20H17NO.C15H15NO2.C11H15NO2/c1-15-9-5-7-13-18(15)21-20(16-10-3-2-4-11-16)17-12-6-8-14-19(17)22;1-11(14-5-3-4-6-15(14)17)16-12-7-9-13(18-2)10-8-12;1-14-8-4-7-12-9-10-5-2-3-6-11(10)13/h2-14,22H,1H3;3-10,17H,1-2H3;2-3,5-6,9,13H,4,7-8H2,1H3. The van der Waals surface area contributed by atoms with Gasteiger partial charge in [0, 0.05) is 54.4 Å². The van der Waals surface area contributed by atoms with E-state index in [4.69, 9.17) is 14.5 Å². The second-order valence-corrected chi connectivity index (χ2v) is 12.0. The minimum atomic E-state index is 0.235. The molecule has 0 saturated carbocycles. The molecular weight excluding hydrogens is 675 g/mol. The van der Waals surface area contributed by atoms with Crippen molar-refractivity contribution in [3.63, 3.8) is 0 Å². The van der Waals surface area contributed by atoms with E-state index in [2.05, 4.69) is 9.98 Å². The van der Waals surface area contributed by atoms with Gasteiger partial charge in [0.15, 0.2) is 0 Å². The average Bonchev–Trinajstić information content (AvgIpc) is 3.20. The normalized spacial score (nSPS) is 11.3. The topological polar surface area (TPSA) is 116 Å². The van der Waals surface area contributed by atoms with Crippen molar-refractivity contribution >= 4 is 29.0 Å². The smallest absolute Gasteiger partial charge is 0.124 e. The molecule has 0 fully saturated rings. The number of para-hydroxylation sites is 4. The molecule has 0 radical (unpaired) electrons. The van der Waals surface area contributed by atoms with Crippen LogP contribution in [0.4, 0.5) is 11.4 Å². The molecule has 0 saturated heterocycles. The molecular formula is C46H47N3O5. The summed E-state index contributed by atoms with van der Waals surface area (Å²) >= 11 is 0. The lowest BCUT2D eigenvalue weighted by molar-refractivity contribution is 0.197. The highest BCUT2D eigenvalue weighted by Gasteiger charge is 2.12. The fourth-order valence-electron chi connectivity index (χ4n) is 5.11. The van der Waals surface area contributed by atoms with E-state index in [0.717, 1.165) is 75.9 Å². The van der Waals surface area contributed by atoms with Crippen LogP contribution >= 0.6 is 0 Å². The largest absolute Gasteiger partial charge is 0.507 e. The van der Waals surface area contributed by atoms with Crippen LogP contribution in [0, 0.1) is 6.92 Å². The molecule has 6 aromatic rings. The molecule has 0 unspecified atom stereocenters. The SMILES string of the molecule is COCCCN=Cc1ccccc1O.COc1ccc(N=C(C)c2ccccc2O)cc1.Cc1ccccc1N=C(c1ccccc1)c1ccccc1O. The first-order valence-electron chi connectivity index (χ1n) is 17.5. The fraction of sp³-hybridized carbons (Fsp3) is 0.152. The lowest BCUT2D eigenvalue weighted by Crippen LogP contribution is -2.03. The summed E-state index contributed by atoms with van der Waals surface area (Å²) in [6.07, 6.45) is 2.59. The van der Waals surface area contributed by atoms with Crippen molar-refractivity contribution in [1.29, 1.82) is 0 Å². The molecule has 6 aromatic carbocycles. The molecule has 0 heterocycles. The quantitative estimate of drug-likeness (QED) is 0.0910. The number of methoxy groups -OCH3 is 2. The van der Waals surface area contributed by atoms with Crippen molar-refractivity contribution in [3.8, 4) is 23.0 Å². The molecule has 0 aliphatic carbocycles. The van der Waals surface area contributed by atoms with Crippen molar-refractivity contribution in [2.75, 3.05) is 27.4 Å². The molecule has 54 heavy (non-hydrogen) atoms. The Morgan fingerprint density at radius 2 is 1.19 bits per heavy atom. The van der Waals surface area contributed by atoms with Gasteiger partial charge in [-0.25, -0.2) is 4.99 Å². The number of benzene rings is 6. The summed E-state index contributed by atoms with van der Waals surface area (Å²) in [4.78, 5) is 13.5. The molecule has 0 aromatic heterocycles. The summed E-state index contributed by atoms with van der Waals surface area (Å²) in [5, 5.41) is 29.3. The van der Waals surface area contributed by atoms with Crippen molar-refractivity contribution in [2.45, 2.75) is 20.3 Å². The maximum atomic E-state index is 10.2. The van der Waals surface area contributed by atoms with Gasteiger partial charge >= 0.3 is 0 Å². The molecule has 0 bridgehead atoms. The minimum absolute atomic E-state index is 0.235. The highest BCUT2D eigenvalue weighted by Crippen LogP contribution is 2.26. The van der Waals surface area contributed by atoms with Gasteiger partial charge in [0.2, 0.25) is 0 Å². The molecule has 8 heteroatoms. The van der Waals surface area contributed by atoms with E-state index in [1.165, 1.54) is 0 Å². The Hall–Kier alpha value is -6.51. The third kappa shape index (κ3) is 12.6. The first-order chi connectivity index (χ1) is 26.3. The van der Waals surface area contributed by atoms with Gasteiger partial charge in [-0.3, -0.25) is 9.98 Å². The van der Waals surface area contributed by atoms with Crippen molar-refractivity contribution in [2.24, 2.45) is 15.0 Å². The Bertz CT molecular complexity index is 2130. The van der Waals surface area contributed by atoms with Gasteiger partial charge in [-0.15, -0.1) is 0 Å². The molecule has 0 atom stereocenters. The second-order valence-electron chi connectivity index (χ2n) is 12.0. The number of hydrogen-bond donors (Lipinski definition) is 3. The minimum Gasteiger partial charge on any atom is -0.507 e. The summed E-state index contributed by atoms with van der Waals surface area (Å²) in [7, 11) is 3.30. The number of phenolic OH excluding ortho intramolecular Hbond substituents is 3. The lowest BCUT2D eigenvalue weighted by Gasteiger charge is -2.10. The van der Waals surface area contributed by atoms with Crippen molar-refractivity contribution in [1.82, 2.24) is 0 Å². The average molecular weight is 722 g/mol. The van der Waals surface area contributed by atoms with Crippen LogP contribution in [0.25, 0.3) is 0 Å². The number of aliphatic imine (C=N–C) groups is 3. The summed E-state index contributed by atoms with van der Waals surface area (Å²) < 4.78 is 9.98. The summed E-state index contributed by atoms with van der Waals surface area (Å²) in [5.74, 6) is 1.54. The first-order valence-corrected chi connectivity index (χ1v) is 17.5. The summed E-state index contributed by atoms with van der Waals surface area (Å²) in [5.41, 5.74) is 7.60. The Morgan fingerprint density at radius 1 is 0.611 bits per heavy atom. The predicted molar refractivity (Wildman–Crippen MR) is 221 cm³/mol. The molecule has 6 rings (SSSR count). The van der Waals surface area contributed by atoms with Gasteiger partial charge in [0.05, 0.1) is 24.2 Å². The number of rotatable bonds is 11. The Balaban J connectivity index is 0.000000186. The predicted octanol–water partition coefficient (Wildman–Crippen LogP) is 10.3. The first kappa shape index (κ1) is 40.3. The molecule has 0 amide bonds. The van der Waals surface area contributed by atoms with E-state index < -0.39 is 0 Å². The van der Waals surface area contributed by atoms with E-state index in [-0.39, 0.29) is 17.2 Å².